The molecule has 1 aliphatic carbocycles. The van der Waals surface area contributed by atoms with Crippen molar-refractivity contribution in [3.05, 3.63) is 77.0 Å². The predicted octanol–water partition coefficient (Wildman–Crippen LogP) is 6.06. The summed E-state index contributed by atoms with van der Waals surface area (Å²) in [5.74, 6) is -1.06. The summed E-state index contributed by atoms with van der Waals surface area (Å²) < 4.78 is 5.59. The van der Waals surface area contributed by atoms with Crippen LogP contribution in [0, 0.1) is 5.92 Å². The standard InChI is InChI=1S/C30H36N2O3/c1-5-17-35-30(34)27-20(4)31-25-18-23(21-11-9-8-10-12-21)19-26(33)29(25)28(27)22-13-15-24(16-14-22)32(6-2)7-3/h8-16,23,27-28H,5-7,17-19H2,1-4H3. The molecule has 0 fully saturated rings. The summed E-state index contributed by atoms with van der Waals surface area (Å²) in [7, 11) is 0. The number of anilines is 1. The Bertz CT molecular complexity index is 1110. The number of ketones is 1. The lowest BCUT2D eigenvalue weighted by molar-refractivity contribution is -0.146. The Morgan fingerprint density at radius 3 is 2.29 bits per heavy atom. The zero-order valence-electron chi connectivity index (χ0n) is 21.3. The molecule has 0 spiro atoms. The molecule has 1 heterocycles. The molecule has 0 saturated heterocycles. The Morgan fingerprint density at radius 1 is 0.971 bits per heavy atom. The molecule has 0 radical (unpaired) electrons. The molecule has 3 unspecified atom stereocenters. The number of carbonyl (C=O) groups excluding carboxylic acids is 2. The van der Waals surface area contributed by atoms with Crippen LogP contribution in [0.15, 0.2) is 70.9 Å². The third-order valence-electron chi connectivity index (χ3n) is 7.24. The van der Waals surface area contributed by atoms with Gasteiger partial charge in [-0.2, -0.15) is 0 Å². The quantitative estimate of drug-likeness (QED) is 0.438. The summed E-state index contributed by atoms with van der Waals surface area (Å²) in [5.41, 5.74) is 5.50. The summed E-state index contributed by atoms with van der Waals surface area (Å²) >= 11 is 0. The normalized spacial score (nSPS) is 21.9. The van der Waals surface area contributed by atoms with Gasteiger partial charge in [-0.25, -0.2) is 0 Å². The van der Waals surface area contributed by atoms with Crippen molar-refractivity contribution >= 4 is 23.2 Å². The number of ether oxygens (including phenoxy) is 1. The highest BCUT2D eigenvalue weighted by atomic mass is 16.5. The number of rotatable bonds is 8. The average Bonchev–Trinajstić information content (AvgIpc) is 2.88. The van der Waals surface area contributed by atoms with E-state index in [0.717, 1.165) is 47.7 Å². The first-order valence-corrected chi connectivity index (χ1v) is 12.9. The second-order valence-corrected chi connectivity index (χ2v) is 9.44. The van der Waals surface area contributed by atoms with Gasteiger partial charge in [0.25, 0.3) is 0 Å². The second kappa shape index (κ2) is 11.0. The highest BCUT2D eigenvalue weighted by molar-refractivity contribution is 6.09. The summed E-state index contributed by atoms with van der Waals surface area (Å²) in [6.07, 6.45) is 1.89. The smallest absolute Gasteiger partial charge is 0.315 e. The largest absolute Gasteiger partial charge is 0.465 e. The summed E-state index contributed by atoms with van der Waals surface area (Å²) in [4.78, 5) is 34.0. The molecular weight excluding hydrogens is 436 g/mol. The number of hydrogen-bond acceptors (Lipinski definition) is 5. The molecule has 5 nitrogen and oxygen atoms in total. The highest BCUT2D eigenvalue weighted by Crippen LogP contribution is 2.47. The van der Waals surface area contributed by atoms with Crippen molar-refractivity contribution in [2.45, 2.75) is 58.8 Å². The van der Waals surface area contributed by atoms with E-state index in [4.69, 9.17) is 9.73 Å². The van der Waals surface area contributed by atoms with E-state index < -0.39 is 5.92 Å². The Morgan fingerprint density at radius 2 is 1.66 bits per heavy atom. The van der Waals surface area contributed by atoms with Crippen molar-refractivity contribution in [3.63, 3.8) is 0 Å². The maximum Gasteiger partial charge on any atom is 0.315 e. The summed E-state index contributed by atoms with van der Waals surface area (Å²) in [6.45, 7) is 10.4. The van der Waals surface area contributed by atoms with Crippen LogP contribution in [0.2, 0.25) is 0 Å². The van der Waals surface area contributed by atoms with Crippen LogP contribution >= 0.6 is 0 Å². The van der Waals surface area contributed by atoms with Crippen molar-refractivity contribution in [2.24, 2.45) is 10.9 Å². The van der Waals surface area contributed by atoms with Crippen molar-refractivity contribution in [1.82, 2.24) is 0 Å². The lowest BCUT2D eigenvalue weighted by atomic mass is 9.69. The first-order valence-electron chi connectivity index (χ1n) is 12.9. The maximum atomic E-state index is 13.7. The Kier molecular flexibility index (Phi) is 7.84. The molecule has 0 amide bonds. The van der Waals surface area contributed by atoms with E-state index in [1.807, 2.05) is 32.0 Å². The zero-order valence-corrected chi connectivity index (χ0v) is 21.3. The van der Waals surface area contributed by atoms with Crippen LogP contribution in [0.5, 0.6) is 0 Å². The van der Waals surface area contributed by atoms with Crippen molar-refractivity contribution in [2.75, 3.05) is 24.6 Å². The van der Waals surface area contributed by atoms with Gasteiger partial charge in [-0.15, -0.1) is 0 Å². The molecule has 184 valence electrons. The predicted molar refractivity (Wildman–Crippen MR) is 141 cm³/mol. The van der Waals surface area contributed by atoms with E-state index in [1.165, 1.54) is 0 Å². The van der Waals surface area contributed by atoms with E-state index in [9.17, 15) is 9.59 Å². The van der Waals surface area contributed by atoms with Crippen LogP contribution in [0.25, 0.3) is 0 Å². The minimum absolute atomic E-state index is 0.0856. The van der Waals surface area contributed by atoms with Gasteiger partial charge in [0.05, 0.1) is 6.61 Å². The monoisotopic (exact) mass is 472 g/mol. The Labute approximate surface area is 208 Å². The third-order valence-corrected chi connectivity index (χ3v) is 7.24. The fourth-order valence-corrected chi connectivity index (χ4v) is 5.46. The number of nitrogens with zero attached hydrogens (tertiary/aromatic N) is 2. The highest BCUT2D eigenvalue weighted by Gasteiger charge is 2.44. The van der Waals surface area contributed by atoms with Gasteiger partial charge in [0.15, 0.2) is 5.78 Å². The molecular formula is C30H36N2O3. The van der Waals surface area contributed by atoms with E-state index in [2.05, 4.69) is 55.1 Å². The number of hydrogen-bond donors (Lipinski definition) is 0. The molecule has 2 aromatic carbocycles. The zero-order chi connectivity index (χ0) is 24.9. The molecule has 35 heavy (non-hydrogen) atoms. The first-order chi connectivity index (χ1) is 17.0. The minimum atomic E-state index is -0.586. The number of benzene rings is 2. The summed E-state index contributed by atoms with van der Waals surface area (Å²) in [5, 5.41) is 0. The van der Waals surface area contributed by atoms with Gasteiger partial charge in [0, 0.05) is 48.1 Å². The van der Waals surface area contributed by atoms with Crippen LogP contribution < -0.4 is 4.90 Å². The molecule has 1 aliphatic heterocycles. The first kappa shape index (κ1) is 24.9. The van der Waals surface area contributed by atoms with Crippen LogP contribution in [0.1, 0.15) is 69.9 Å². The van der Waals surface area contributed by atoms with E-state index in [1.54, 1.807) is 0 Å². The fourth-order valence-electron chi connectivity index (χ4n) is 5.46. The number of aliphatic imine (C=N–C) groups is 1. The lowest BCUT2D eigenvalue weighted by Gasteiger charge is -2.36. The van der Waals surface area contributed by atoms with Crippen LogP contribution in [-0.2, 0) is 14.3 Å². The fraction of sp³-hybridized carbons (Fsp3) is 0.433. The molecule has 3 atom stereocenters. The molecule has 0 aromatic heterocycles. The lowest BCUT2D eigenvalue weighted by Crippen LogP contribution is -2.38. The molecule has 5 heteroatoms. The van der Waals surface area contributed by atoms with Crippen LogP contribution in [-0.4, -0.2) is 37.2 Å². The van der Waals surface area contributed by atoms with Crippen molar-refractivity contribution in [1.29, 1.82) is 0 Å². The van der Waals surface area contributed by atoms with Gasteiger partial charge >= 0.3 is 5.97 Å². The van der Waals surface area contributed by atoms with E-state index >= 15 is 0 Å². The molecule has 2 aromatic rings. The maximum absolute atomic E-state index is 13.7. The Balaban J connectivity index is 1.76. The molecule has 2 aliphatic rings. The van der Waals surface area contributed by atoms with E-state index in [-0.39, 0.29) is 23.6 Å². The van der Waals surface area contributed by atoms with E-state index in [0.29, 0.717) is 25.0 Å². The SMILES string of the molecule is CCCOC(=O)C1C(C)=NC2=C(C(=O)CC(c3ccccc3)C2)C1c1ccc(N(CC)CC)cc1. The summed E-state index contributed by atoms with van der Waals surface area (Å²) in [6, 6.07) is 18.5. The molecule has 0 saturated carbocycles. The van der Waals surface area contributed by atoms with Crippen molar-refractivity contribution in [3.8, 4) is 0 Å². The molecule has 4 rings (SSSR count). The van der Waals surface area contributed by atoms with Gasteiger partial charge in [0.1, 0.15) is 5.92 Å². The number of esters is 1. The third kappa shape index (κ3) is 5.09. The number of Topliss-reactive ketones (excluding diaryl/α,β-unsaturated/α-hetero) is 1. The Hall–Kier alpha value is -3.21. The van der Waals surface area contributed by atoms with Crippen LogP contribution in [0.4, 0.5) is 5.69 Å². The number of carbonyl (C=O) groups is 2. The second-order valence-electron chi connectivity index (χ2n) is 9.44. The topological polar surface area (TPSA) is 59.0 Å². The molecule has 0 bridgehead atoms. The van der Waals surface area contributed by atoms with Gasteiger partial charge < -0.3 is 9.64 Å². The van der Waals surface area contributed by atoms with Gasteiger partial charge in [-0.05, 0) is 62.8 Å². The molecule has 0 N–H and O–H groups in total. The number of allylic oxidation sites excluding steroid dienone is 2. The minimum Gasteiger partial charge on any atom is -0.465 e. The van der Waals surface area contributed by atoms with Gasteiger partial charge in [0.2, 0.25) is 0 Å². The van der Waals surface area contributed by atoms with Gasteiger partial charge in [-0.3, -0.25) is 14.6 Å². The van der Waals surface area contributed by atoms with Gasteiger partial charge in [-0.1, -0.05) is 49.4 Å². The average molecular weight is 473 g/mol. The van der Waals surface area contributed by atoms with Crippen LogP contribution in [0.3, 0.4) is 0 Å². The van der Waals surface area contributed by atoms with Crippen molar-refractivity contribution < 1.29 is 14.3 Å².